The van der Waals surface area contributed by atoms with Gasteiger partial charge in [0.1, 0.15) is 12.3 Å². The maximum absolute atomic E-state index is 12.6. The van der Waals surface area contributed by atoms with Crippen molar-refractivity contribution in [3.63, 3.8) is 0 Å². The molecule has 0 spiro atoms. The van der Waals surface area contributed by atoms with Crippen molar-refractivity contribution in [3.05, 3.63) is 46.1 Å². The van der Waals surface area contributed by atoms with E-state index in [0.29, 0.717) is 30.3 Å². The van der Waals surface area contributed by atoms with Crippen molar-refractivity contribution < 1.29 is 18.8 Å². The van der Waals surface area contributed by atoms with Crippen LogP contribution < -0.4 is 5.32 Å². The summed E-state index contributed by atoms with van der Waals surface area (Å²) in [6.45, 7) is 2.24. The lowest BCUT2D eigenvalue weighted by molar-refractivity contribution is -0.117. The number of amides is 2. The third-order valence-corrected chi connectivity index (χ3v) is 3.65. The fourth-order valence-corrected chi connectivity index (χ4v) is 2.44. The monoisotopic (exact) mass is 395 g/mol. The summed E-state index contributed by atoms with van der Waals surface area (Å²) in [7, 11) is 1.54. The standard InChI is InChI=1S/C16H18BrN3O4/c1-11-8-14(19-24-11)18-15(21)10-20(6-7-23-2)16(22)12-4-3-5-13(17)9-12/h3-5,8-9H,6-7,10H2,1-2H3,(H,18,19,21). The van der Waals surface area contributed by atoms with Crippen molar-refractivity contribution in [3.8, 4) is 0 Å². The molecule has 0 saturated heterocycles. The number of ether oxygens (including phenoxy) is 1. The quantitative estimate of drug-likeness (QED) is 0.778. The second-order valence-electron chi connectivity index (χ2n) is 5.10. The molecule has 7 nitrogen and oxygen atoms in total. The molecule has 128 valence electrons. The van der Waals surface area contributed by atoms with Crippen LogP contribution in [0.15, 0.2) is 39.3 Å². The molecular weight excluding hydrogens is 378 g/mol. The van der Waals surface area contributed by atoms with Gasteiger partial charge in [-0.15, -0.1) is 0 Å². The van der Waals surface area contributed by atoms with E-state index in [1.807, 2.05) is 6.07 Å². The van der Waals surface area contributed by atoms with Crippen LogP contribution in [0, 0.1) is 6.92 Å². The summed E-state index contributed by atoms with van der Waals surface area (Å²) < 4.78 is 10.7. The summed E-state index contributed by atoms with van der Waals surface area (Å²) in [5.74, 6) is 0.299. The Kier molecular flexibility index (Phi) is 6.51. The number of nitrogens with zero attached hydrogens (tertiary/aromatic N) is 2. The molecular formula is C16H18BrN3O4. The van der Waals surface area contributed by atoms with Crippen molar-refractivity contribution in [2.24, 2.45) is 0 Å². The molecule has 8 heteroatoms. The lowest BCUT2D eigenvalue weighted by Gasteiger charge is -2.21. The first-order valence-corrected chi connectivity index (χ1v) is 8.06. The molecule has 0 aliphatic carbocycles. The molecule has 1 N–H and O–H groups in total. The number of carbonyl (C=O) groups excluding carboxylic acids is 2. The minimum absolute atomic E-state index is 0.111. The van der Waals surface area contributed by atoms with Gasteiger partial charge in [0.2, 0.25) is 5.91 Å². The molecule has 0 radical (unpaired) electrons. The van der Waals surface area contributed by atoms with E-state index in [0.717, 1.165) is 4.47 Å². The van der Waals surface area contributed by atoms with Gasteiger partial charge in [-0.2, -0.15) is 0 Å². The highest BCUT2D eigenvalue weighted by molar-refractivity contribution is 9.10. The van der Waals surface area contributed by atoms with E-state index in [1.54, 1.807) is 38.3 Å². The molecule has 0 atom stereocenters. The zero-order chi connectivity index (χ0) is 17.5. The molecule has 0 aliphatic rings. The number of hydrogen-bond acceptors (Lipinski definition) is 5. The molecule has 2 aromatic rings. The Bertz CT molecular complexity index is 717. The maximum Gasteiger partial charge on any atom is 0.254 e. The van der Waals surface area contributed by atoms with Crippen LogP contribution in [0.3, 0.4) is 0 Å². The first-order valence-electron chi connectivity index (χ1n) is 7.26. The van der Waals surface area contributed by atoms with Gasteiger partial charge < -0.3 is 19.5 Å². The maximum atomic E-state index is 12.6. The molecule has 2 rings (SSSR count). The highest BCUT2D eigenvalue weighted by Gasteiger charge is 2.19. The van der Waals surface area contributed by atoms with Gasteiger partial charge in [-0.25, -0.2) is 0 Å². The number of aryl methyl sites for hydroxylation is 1. The third-order valence-electron chi connectivity index (χ3n) is 3.15. The van der Waals surface area contributed by atoms with Gasteiger partial charge in [0.25, 0.3) is 5.91 Å². The van der Waals surface area contributed by atoms with E-state index in [4.69, 9.17) is 9.26 Å². The van der Waals surface area contributed by atoms with Crippen LogP contribution in [0.5, 0.6) is 0 Å². The predicted octanol–water partition coefficient (Wildman–Crippen LogP) is 2.47. The van der Waals surface area contributed by atoms with Crippen LogP contribution in [-0.2, 0) is 9.53 Å². The predicted molar refractivity (Wildman–Crippen MR) is 91.8 cm³/mol. The van der Waals surface area contributed by atoms with Gasteiger partial charge in [-0.05, 0) is 25.1 Å². The summed E-state index contributed by atoms with van der Waals surface area (Å²) in [5, 5.41) is 6.30. The number of carbonyl (C=O) groups is 2. The third kappa shape index (κ3) is 5.17. The molecule has 0 unspecified atom stereocenters. The van der Waals surface area contributed by atoms with Crippen molar-refractivity contribution in [2.75, 3.05) is 32.1 Å². The van der Waals surface area contributed by atoms with Crippen LogP contribution in [0.2, 0.25) is 0 Å². The number of halogens is 1. The van der Waals surface area contributed by atoms with E-state index >= 15 is 0 Å². The fraction of sp³-hybridized carbons (Fsp3) is 0.312. The molecule has 2 amide bonds. The zero-order valence-corrected chi connectivity index (χ0v) is 15.0. The van der Waals surface area contributed by atoms with E-state index in [2.05, 4.69) is 26.4 Å². The second-order valence-corrected chi connectivity index (χ2v) is 6.02. The topological polar surface area (TPSA) is 84.7 Å². The molecule has 0 bridgehead atoms. The van der Waals surface area contributed by atoms with Crippen LogP contribution in [-0.4, -0.2) is 48.7 Å². The summed E-state index contributed by atoms with van der Waals surface area (Å²) in [4.78, 5) is 26.2. The van der Waals surface area contributed by atoms with Crippen molar-refractivity contribution in [1.29, 1.82) is 0 Å². The van der Waals surface area contributed by atoms with Gasteiger partial charge in [0, 0.05) is 29.8 Å². The largest absolute Gasteiger partial charge is 0.383 e. The summed E-state index contributed by atoms with van der Waals surface area (Å²) in [5.41, 5.74) is 0.491. The second kappa shape index (κ2) is 8.60. The minimum Gasteiger partial charge on any atom is -0.383 e. The molecule has 1 aromatic heterocycles. The SMILES string of the molecule is COCCN(CC(=O)Nc1cc(C)on1)C(=O)c1cccc(Br)c1. The Morgan fingerprint density at radius 1 is 1.38 bits per heavy atom. The van der Waals surface area contributed by atoms with Gasteiger partial charge >= 0.3 is 0 Å². The molecule has 24 heavy (non-hydrogen) atoms. The normalized spacial score (nSPS) is 10.5. The number of methoxy groups -OCH3 is 1. The summed E-state index contributed by atoms with van der Waals surface area (Å²) in [6, 6.07) is 8.61. The lowest BCUT2D eigenvalue weighted by atomic mass is 10.2. The van der Waals surface area contributed by atoms with E-state index in [-0.39, 0.29) is 18.4 Å². The Morgan fingerprint density at radius 2 is 2.17 bits per heavy atom. The number of anilines is 1. The molecule has 1 aromatic carbocycles. The number of rotatable bonds is 7. The average Bonchev–Trinajstić information content (AvgIpc) is 2.95. The highest BCUT2D eigenvalue weighted by Crippen LogP contribution is 2.14. The minimum atomic E-state index is -0.359. The van der Waals surface area contributed by atoms with Gasteiger partial charge in [-0.1, -0.05) is 27.2 Å². The summed E-state index contributed by atoms with van der Waals surface area (Å²) >= 11 is 3.34. The van der Waals surface area contributed by atoms with Crippen molar-refractivity contribution >= 4 is 33.6 Å². The Hall–Kier alpha value is -2.19. The van der Waals surface area contributed by atoms with Gasteiger partial charge in [0.05, 0.1) is 6.61 Å². The first kappa shape index (κ1) is 18.2. The average molecular weight is 396 g/mol. The van der Waals surface area contributed by atoms with Gasteiger partial charge in [-0.3, -0.25) is 9.59 Å². The van der Waals surface area contributed by atoms with E-state index < -0.39 is 0 Å². The number of benzene rings is 1. The van der Waals surface area contributed by atoms with Crippen LogP contribution in [0.25, 0.3) is 0 Å². The van der Waals surface area contributed by atoms with Crippen molar-refractivity contribution in [1.82, 2.24) is 10.1 Å². The molecule has 0 fully saturated rings. The van der Waals surface area contributed by atoms with E-state index in [9.17, 15) is 9.59 Å². The smallest absolute Gasteiger partial charge is 0.254 e. The van der Waals surface area contributed by atoms with Crippen LogP contribution in [0.4, 0.5) is 5.82 Å². The Balaban J connectivity index is 2.06. The van der Waals surface area contributed by atoms with Gasteiger partial charge in [0.15, 0.2) is 5.82 Å². The Labute approximate surface area is 148 Å². The van der Waals surface area contributed by atoms with Crippen molar-refractivity contribution in [2.45, 2.75) is 6.92 Å². The first-order chi connectivity index (χ1) is 11.5. The Morgan fingerprint density at radius 3 is 2.79 bits per heavy atom. The van der Waals surface area contributed by atoms with E-state index in [1.165, 1.54) is 4.90 Å². The lowest BCUT2D eigenvalue weighted by Crippen LogP contribution is -2.40. The number of hydrogen-bond donors (Lipinski definition) is 1. The number of nitrogens with one attached hydrogen (secondary N) is 1. The summed E-state index contributed by atoms with van der Waals surface area (Å²) in [6.07, 6.45) is 0. The number of aromatic nitrogens is 1. The molecule has 1 heterocycles. The fourth-order valence-electron chi connectivity index (χ4n) is 2.04. The van der Waals surface area contributed by atoms with Crippen LogP contribution >= 0.6 is 15.9 Å². The zero-order valence-electron chi connectivity index (χ0n) is 13.4. The molecule has 0 saturated carbocycles. The van der Waals surface area contributed by atoms with Crippen LogP contribution in [0.1, 0.15) is 16.1 Å². The molecule has 0 aliphatic heterocycles. The highest BCUT2D eigenvalue weighted by atomic mass is 79.9.